The number of amides is 2. The molecule has 2 N–H and O–H groups in total. The molecule has 1 heterocycles. The van der Waals surface area contributed by atoms with Crippen molar-refractivity contribution in [3.05, 3.63) is 108 Å². The van der Waals surface area contributed by atoms with Crippen molar-refractivity contribution >= 4 is 22.5 Å². The fraction of sp³-hybridized carbons (Fsp3) is 0.120. The van der Waals surface area contributed by atoms with Crippen LogP contribution < -0.4 is 10.6 Å². The summed E-state index contributed by atoms with van der Waals surface area (Å²) < 4.78 is 0. The summed E-state index contributed by atoms with van der Waals surface area (Å²) in [5, 5.41) is 8.20. The normalized spacial score (nSPS) is 11.8. The first-order chi connectivity index (χ1) is 14.2. The summed E-state index contributed by atoms with van der Waals surface area (Å²) >= 11 is 0. The zero-order valence-electron chi connectivity index (χ0n) is 16.3. The van der Waals surface area contributed by atoms with Gasteiger partial charge in [0.2, 0.25) is 0 Å². The van der Waals surface area contributed by atoms with Gasteiger partial charge in [-0.25, -0.2) is 4.79 Å². The second kappa shape index (κ2) is 8.57. The number of fused-ring (bicyclic) bond motifs is 1. The van der Waals surface area contributed by atoms with Crippen LogP contribution in [0.3, 0.4) is 0 Å². The molecule has 0 bridgehead atoms. The number of aromatic nitrogens is 1. The molecule has 0 aliphatic rings. The lowest BCUT2D eigenvalue weighted by molar-refractivity contribution is 0.248. The fourth-order valence-electron chi connectivity index (χ4n) is 3.42. The lowest BCUT2D eigenvalue weighted by atomic mass is 10.0. The molecule has 0 saturated carbocycles. The Morgan fingerprint density at radius 1 is 0.897 bits per heavy atom. The number of hydrogen-bond acceptors (Lipinski definition) is 2. The molecule has 0 spiro atoms. The quantitative estimate of drug-likeness (QED) is 0.469. The molecule has 4 rings (SSSR count). The summed E-state index contributed by atoms with van der Waals surface area (Å²) in [6.45, 7) is 2.07. The molecule has 4 aromatic rings. The van der Waals surface area contributed by atoms with Crippen LogP contribution in [0.4, 0.5) is 10.5 Å². The van der Waals surface area contributed by atoms with Crippen LogP contribution in [0.15, 0.2) is 91.1 Å². The largest absolute Gasteiger partial charge is 0.329 e. The minimum absolute atomic E-state index is 0.228. The first-order valence-electron chi connectivity index (χ1n) is 9.71. The molecule has 0 aliphatic carbocycles. The number of hydrogen-bond donors (Lipinski definition) is 2. The predicted octanol–water partition coefficient (Wildman–Crippen LogP) is 5.65. The lowest BCUT2D eigenvalue weighted by Crippen LogP contribution is -2.34. The summed E-state index contributed by atoms with van der Waals surface area (Å²) in [4.78, 5) is 17.3. The van der Waals surface area contributed by atoms with Crippen LogP contribution in [-0.4, -0.2) is 11.0 Å². The molecule has 0 fully saturated rings. The van der Waals surface area contributed by atoms with Crippen molar-refractivity contribution in [2.75, 3.05) is 5.32 Å². The number of carbonyl (C=O) groups excluding carboxylic acids is 1. The lowest BCUT2D eigenvalue weighted by Gasteiger charge is -2.19. The van der Waals surface area contributed by atoms with Gasteiger partial charge in [-0.15, -0.1) is 0 Å². The third-order valence-corrected chi connectivity index (χ3v) is 4.95. The van der Waals surface area contributed by atoms with Crippen molar-refractivity contribution in [1.29, 1.82) is 0 Å². The highest BCUT2D eigenvalue weighted by atomic mass is 16.2. The van der Waals surface area contributed by atoms with Crippen LogP contribution in [0.2, 0.25) is 0 Å². The summed E-state index contributed by atoms with van der Waals surface area (Å²) in [5.74, 6) is 0. The molecule has 3 aromatic carbocycles. The molecule has 0 saturated heterocycles. The first-order valence-corrected chi connectivity index (χ1v) is 9.71. The molecule has 1 aromatic heterocycles. The number of rotatable bonds is 5. The second-order valence-electron chi connectivity index (χ2n) is 7.12. The van der Waals surface area contributed by atoms with Crippen LogP contribution in [0.5, 0.6) is 0 Å². The summed E-state index contributed by atoms with van der Waals surface area (Å²) in [7, 11) is 0. The van der Waals surface area contributed by atoms with Crippen LogP contribution in [0.25, 0.3) is 10.8 Å². The molecule has 1 atom stereocenters. The SMILES string of the molecule is Cc1ccc(CC(NC(=O)Nc2cccc3ccccc23)c2ccccn2)cc1. The van der Waals surface area contributed by atoms with Crippen molar-refractivity contribution in [2.45, 2.75) is 19.4 Å². The highest BCUT2D eigenvalue weighted by molar-refractivity contribution is 6.01. The minimum Gasteiger partial charge on any atom is -0.329 e. The van der Waals surface area contributed by atoms with Gasteiger partial charge < -0.3 is 10.6 Å². The van der Waals surface area contributed by atoms with Gasteiger partial charge in [0.05, 0.1) is 17.4 Å². The number of nitrogens with zero attached hydrogens (tertiary/aromatic N) is 1. The van der Waals surface area contributed by atoms with E-state index in [4.69, 9.17) is 0 Å². The van der Waals surface area contributed by atoms with E-state index in [1.54, 1.807) is 6.20 Å². The van der Waals surface area contributed by atoms with E-state index in [-0.39, 0.29) is 12.1 Å². The first kappa shape index (κ1) is 18.7. The fourth-order valence-corrected chi connectivity index (χ4v) is 3.42. The maximum absolute atomic E-state index is 12.8. The van der Waals surface area contributed by atoms with Crippen molar-refractivity contribution in [3.63, 3.8) is 0 Å². The van der Waals surface area contributed by atoms with Gasteiger partial charge in [0.25, 0.3) is 0 Å². The van der Waals surface area contributed by atoms with Crippen LogP contribution in [-0.2, 0) is 6.42 Å². The molecular weight excluding hydrogens is 358 g/mol. The Bertz CT molecular complexity index is 1100. The van der Waals surface area contributed by atoms with Gasteiger partial charge in [-0.05, 0) is 42.5 Å². The van der Waals surface area contributed by atoms with Crippen molar-refractivity contribution in [3.8, 4) is 0 Å². The predicted molar refractivity (Wildman–Crippen MR) is 118 cm³/mol. The highest BCUT2D eigenvalue weighted by Crippen LogP contribution is 2.23. The number of nitrogens with one attached hydrogen (secondary N) is 2. The Kier molecular flexibility index (Phi) is 5.52. The molecule has 144 valence electrons. The number of carbonyl (C=O) groups is 1. The van der Waals surface area contributed by atoms with Crippen molar-refractivity contribution in [1.82, 2.24) is 10.3 Å². The van der Waals surface area contributed by atoms with Gasteiger partial charge in [0.1, 0.15) is 0 Å². The summed E-state index contributed by atoms with van der Waals surface area (Å²) in [6, 6.07) is 27.5. The number of anilines is 1. The van der Waals surface area contributed by atoms with E-state index in [9.17, 15) is 4.79 Å². The molecule has 4 heteroatoms. The molecule has 2 amide bonds. The van der Waals surface area contributed by atoms with E-state index < -0.39 is 0 Å². The third kappa shape index (κ3) is 4.61. The van der Waals surface area contributed by atoms with Gasteiger partial charge in [-0.2, -0.15) is 0 Å². The Balaban J connectivity index is 1.55. The van der Waals surface area contributed by atoms with Crippen LogP contribution in [0, 0.1) is 6.92 Å². The van der Waals surface area contributed by atoms with Crippen LogP contribution in [0.1, 0.15) is 22.9 Å². The second-order valence-corrected chi connectivity index (χ2v) is 7.12. The Morgan fingerprint density at radius 3 is 2.45 bits per heavy atom. The van der Waals surface area contributed by atoms with Crippen molar-refractivity contribution in [2.24, 2.45) is 0 Å². The van der Waals surface area contributed by atoms with Crippen molar-refractivity contribution < 1.29 is 4.79 Å². The van der Waals surface area contributed by atoms with Gasteiger partial charge in [-0.1, -0.05) is 72.3 Å². The topological polar surface area (TPSA) is 54.0 Å². The molecule has 1 unspecified atom stereocenters. The summed E-state index contributed by atoms with van der Waals surface area (Å²) in [6.07, 6.45) is 2.42. The minimum atomic E-state index is -0.246. The van der Waals surface area contributed by atoms with E-state index in [1.165, 1.54) is 5.56 Å². The van der Waals surface area contributed by atoms with E-state index in [0.29, 0.717) is 6.42 Å². The molecule has 29 heavy (non-hydrogen) atoms. The van der Waals surface area contributed by atoms with E-state index in [1.807, 2.05) is 60.7 Å². The van der Waals surface area contributed by atoms with Gasteiger partial charge in [0, 0.05) is 11.6 Å². The Morgan fingerprint density at radius 2 is 1.66 bits per heavy atom. The molecule has 0 radical (unpaired) electrons. The smallest absolute Gasteiger partial charge is 0.319 e. The van der Waals surface area contributed by atoms with E-state index >= 15 is 0 Å². The van der Waals surface area contributed by atoms with Gasteiger partial charge in [0.15, 0.2) is 0 Å². The zero-order valence-corrected chi connectivity index (χ0v) is 16.3. The maximum Gasteiger partial charge on any atom is 0.319 e. The maximum atomic E-state index is 12.8. The number of benzene rings is 3. The summed E-state index contributed by atoms with van der Waals surface area (Å²) in [5.41, 5.74) is 3.98. The monoisotopic (exact) mass is 381 g/mol. The average molecular weight is 381 g/mol. The Labute approximate surface area is 170 Å². The zero-order chi connectivity index (χ0) is 20.1. The number of aryl methyl sites for hydroxylation is 1. The highest BCUT2D eigenvalue weighted by Gasteiger charge is 2.17. The van der Waals surface area contributed by atoms with E-state index in [2.05, 4.69) is 46.8 Å². The number of urea groups is 1. The Hall–Kier alpha value is -3.66. The standard InChI is InChI=1S/C25H23N3O/c1-18-12-14-19(15-13-18)17-24(23-10-4-5-16-26-23)28-25(29)27-22-11-6-8-20-7-2-3-9-21(20)22/h2-16,24H,17H2,1H3,(H2,27,28,29). The molecular formula is C25H23N3O. The average Bonchev–Trinajstić information content (AvgIpc) is 2.76. The van der Waals surface area contributed by atoms with Crippen LogP contribution >= 0.6 is 0 Å². The third-order valence-electron chi connectivity index (χ3n) is 4.95. The molecule has 4 nitrogen and oxygen atoms in total. The van der Waals surface area contributed by atoms with Gasteiger partial charge >= 0.3 is 6.03 Å². The van der Waals surface area contributed by atoms with E-state index in [0.717, 1.165) is 27.7 Å². The molecule has 0 aliphatic heterocycles. The number of pyridine rings is 1. The van der Waals surface area contributed by atoms with Gasteiger partial charge in [-0.3, -0.25) is 4.98 Å².